The van der Waals surface area contributed by atoms with Crippen LogP contribution in [0.5, 0.6) is 5.75 Å². The van der Waals surface area contributed by atoms with Gasteiger partial charge in [-0.1, -0.05) is 0 Å². The van der Waals surface area contributed by atoms with Gasteiger partial charge in [-0.2, -0.15) is 5.10 Å². The Balaban J connectivity index is 1.51. The van der Waals surface area contributed by atoms with E-state index in [1.54, 1.807) is 16.9 Å². The van der Waals surface area contributed by atoms with Crippen LogP contribution in [0.2, 0.25) is 0 Å². The highest BCUT2D eigenvalue weighted by atomic mass is 19.1. The van der Waals surface area contributed by atoms with E-state index in [4.69, 9.17) is 0 Å². The van der Waals surface area contributed by atoms with Crippen molar-refractivity contribution in [3.8, 4) is 17.0 Å². The Labute approximate surface area is 181 Å². The molecule has 2 aromatic heterocycles. The quantitative estimate of drug-likeness (QED) is 0.657. The molecule has 0 bridgehead atoms. The first kappa shape index (κ1) is 20.2. The molecule has 3 aromatic rings. The van der Waals surface area contributed by atoms with Gasteiger partial charge in [0.2, 0.25) is 0 Å². The summed E-state index contributed by atoms with van der Waals surface area (Å²) >= 11 is 0. The van der Waals surface area contributed by atoms with Crippen molar-refractivity contribution in [3.63, 3.8) is 0 Å². The van der Waals surface area contributed by atoms with E-state index in [0.717, 1.165) is 35.2 Å². The predicted molar refractivity (Wildman–Crippen MR) is 119 cm³/mol. The highest BCUT2D eigenvalue weighted by Gasteiger charge is 2.49. The normalized spacial score (nSPS) is 24.5. The highest BCUT2D eigenvalue weighted by molar-refractivity contribution is 5.87. The van der Waals surface area contributed by atoms with E-state index in [1.807, 2.05) is 33.0 Å². The van der Waals surface area contributed by atoms with Crippen LogP contribution < -0.4 is 10.2 Å². The van der Waals surface area contributed by atoms with Crippen molar-refractivity contribution in [2.75, 3.05) is 11.4 Å². The van der Waals surface area contributed by atoms with Crippen LogP contribution in [0.25, 0.3) is 22.2 Å². The number of fused-ring (bicyclic) bond motifs is 2. The summed E-state index contributed by atoms with van der Waals surface area (Å²) in [6.07, 6.45) is 2.17. The van der Waals surface area contributed by atoms with Gasteiger partial charge in [0.15, 0.2) is 5.82 Å². The Morgan fingerprint density at radius 2 is 1.94 bits per heavy atom. The third kappa shape index (κ3) is 3.24. The summed E-state index contributed by atoms with van der Waals surface area (Å²) in [5.74, 6) is 0.904. The van der Waals surface area contributed by atoms with Gasteiger partial charge < -0.3 is 15.3 Å². The van der Waals surface area contributed by atoms with Crippen LogP contribution in [-0.4, -0.2) is 54.9 Å². The smallest absolute Gasteiger partial charge is 0.154 e. The van der Waals surface area contributed by atoms with Gasteiger partial charge in [-0.15, -0.1) is 10.2 Å². The minimum atomic E-state index is -1.02. The van der Waals surface area contributed by atoms with Gasteiger partial charge >= 0.3 is 0 Å². The standard InChI is InChI=1S/C23H29FN6O/c1-22(2)11-18(20(24)23(3,4)28-22)30-7-6-13-8-16(26-27-21(13)30)15-10-17-14(9-19(15)31)12-25-29(17)5/h8-10,12,18,20,28,31H,6-7,11H2,1-5H3/t18-,20-/m0/s1. The lowest BCUT2D eigenvalue weighted by Crippen LogP contribution is -2.69. The van der Waals surface area contributed by atoms with E-state index in [0.29, 0.717) is 17.7 Å². The second-order valence-electron chi connectivity index (χ2n) is 10.1. The lowest BCUT2D eigenvalue weighted by Gasteiger charge is -2.51. The molecule has 7 nitrogen and oxygen atoms in total. The molecule has 0 spiro atoms. The Morgan fingerprint density at radius 3 is 2.71 bits per heavy atom. The minimum absolute atomic E-state index is 0.148. The van der Waals surface area contributed by atoms with Crippen molar-refractivity contribution in [1.29, 1.82) is 0 Å². The van der Waals surface area contributed by atoms with Gasteiger partial charge in [-0.05, 0) is 58.7 Å². The number of anilines is 1. The van der Waals surface area contributed by atoms with Gasteiger partial charge in [0.25, 0.3) is 0 Å². The van der Waals surface area contributed by atoms with Crippen molar-refractivity contribution in [3.05, 3.63) is 30.0 Å². The zero-order chi connectivity index (χ0) is 22.1. The number of hydrogen-bond donors (Lipinski definition) is 2. The first-order chi connectivity index (χ1) is 14.6. The van der Waals surface area contributed by atoms with E-state index < -0.39 is 11.7 Å². The zero-order valence-electron chi connectivity index (χ0n) is 18.6. The lowest BCUT2D eigenvalue weighted by atomic mass is 9.77. The van der Waals surface area contributed by atoms with Gasteiger partial charge in [0.05, 0.1) is 23.4 Å². The molecule has 8 heteroatoms. The number of benzene rings is 1. The largest absolute Gasteiger partial charge is 0.507 e. The average Bonchev–Trinajstić information content (AvgIpc) is 3.26. The Kier molecular flexibility index (Phi) is 4.31. The fraction of sp³-hybridized carbons (Fsp3) is 0.522. The van der Waals surface area contributed by atoms with Crippen molar-refractivity contribution in [1.82, 2.24) is 25.3 Å². The van der Waals surface area contributed by atoms with Crippen LogP contribution >= 0.6 is 0 Å². The number of phenolic OH excluding ortho intramolecular Hbond substituents is 1. The van der Waals surface area contributed by atoms with Crippen molar-refractivity contribution >= 4 is 16.7 Å². The van der Waals surface area contributed by atoms with Crippen LogP contribution in [0.15, 0.2) is 24.4 Å². The number of nitrogens with one attached hydrogen (secondary N) is 1. The summed E-state index contributed by atoms with van der Waals surface area (Å²) in [7, 11) is 1.87. The summed E-state index contributed by atoms with van der Waals surface area (Å²) in [6, 6.07) is 5.30. The summed E-state index contributed by atoms with van der Waals surface area (Å²) in [6.45, 7) is 8.81. The minimum Gasteiger partial charge on any atom is -0.507 e. The molecule has 2 aliphatic heterocycles. The van der Waals surface area contributed by atoms with E-state index >= 15 is 4.39 Å². The molecule has 0 aliphatic carbocycles. The first-order valence-electron chi connectivity index (χ1n) is 10.8. The average molecular weight is 425 g/mol. The number of alkyl halides is 1. The van der Waals surface area contributed by atoms with Crippen LogP contribution in [0.1, 0.15) is 39.7 Å². The Morgan fingerprint density at radius 1 is 1.16 bits per heavy atom. The van der Waals surface area contributed by atoms with Crippen molar-refractivity contribution in [2.45, 2.75) is 63.8 Å². The summed E-state index contributed by atoms with van der Waals surface area (Å²) in [5, 5.41) is 28.0. The number of aromatic hydroxyl groups is 1. The summed E-state index contributed by atoms with van der Waals surface area (Å²) < 4.78 is 17.2. The monoisotopic (exact) mass is 424 g/mol. The topological polar surface area (TPSA) is 79.1 Å². The molecule has 0 amide bonds. The third-order valence-electron chi connectivity index (χ3n) is 6.69. The second kappa shape index (κ2) is 6.63. The summed E-state index contributed by atoms with van der Waals surface area (Å²) in [4.78, 5) is 2.09. The van der Waals surface area contributed by atoms with Crippen LogP contribution in [-0.2, 0) is 13.5 Å². The molecular formula is C23H29FN6O. The molecule has 31 heavy (non-hydrogen) atoms. The van der Waals surface area contributed by atoms with E-state index in [9.17, 15) is 5.11 Å². The van der Waals surface area contributed by atoms with Crippen LogP contribution in [0.3, 0.4) is 0 Å². The lowest BCUT2D eigenvalue weighted by molar-refractivity contribution is 0.0555. The van der Waals surface area contributed by atoms with Gasteiger partial charge in [0, 0.05) is 41.2 Å². The van der Waals surface area contributed by atoms with Crippen LogP contribution in [0.4, 0.5) is 10.2 Å². The van der Waals surface area contributed by atoms with E-state index in [-0.39, 0.29) is 17.3 Å². The molecule has 164 valence electrons. The fourth-order valence-electron chi connectivity index (χ4n) is 5.41. The second-order valence-corrected chi connectivity index (χ2v) is 10.1. The molecule has 2 aliphatic rings. The third-order valence-corrected chi connectivity index (χ3v) is 6.69. The number of hydrogen-bond acceptors (Lipinski definition) is 6. The molecule has 4 heterocycles. The molecule has 2 N–H and O–H groups in total. The van der Waals surface area contributed by atoms with E-state index in [2.05, 4.69) is 39.4 Å². The number of halogens is 1. The fourth-order valence-corrected chi connectivity index (χ4v) is 5.41. The first-order valence-corrected chi connectivity index (χ1v) is 10.8. The van der Waals surface area contributed by atoms with Crippen molar-refractivity contribution in [2.24, 2.45) is 7.05 Å². The van der Waals surface area contributed by atoms with Crippen LogP contribution in [0, 0.1) is 0 Å². The maximum Gasteiger partial charge on any atom is 0.154 e. The maximum absolute atomic E-state index is 15.5. The Hall–Kier alpha value is -2.74. The van der Waals surface area contributed by atoms with Crippen molar-refractivity contribution < 1.29 is 9.50 Å². The molecule has 0 unspecified atom stereocenters. The van der Waals surface area contributed by atoms with Gasteiger partial charge in [-0.3, -0.25) is 4.68 Å². The molecular weight excluding hydrogens is 395 g/mol. The predicted octanol–water partition coefficient (Wildman–Crippen LogP) is 3.36. The zero-order valence-corrected chi connectivity index (χ0v) is 18.6. The Bertz CT molecular complexity index is 1170. The number of aromatic nitrogens is 4. The maximum atomic E-state index is 15.5. The molecule has 1 saturated heterocycles. The molecule has 1 fully saturated rings. The molecule has 0 saturated carbocycles. The molecule has 5 rings (SSSR count). The summed E-state index contributed by atoms with van der Waals surface area (Å²) in [5.41, 5.74) is 2.40. The molecule has 1 aromatic carbocycles. The molecule has 0 radical (unpaired) electrons. The van der Waals surface area contributed by atoms with Gasteiger partial charge in [0.1, 0.15) is 11.9 Å². The SMILES string of the molecule is Cn1ncc2cc(O)c(-c3cc4c(nn3)N([C@H]3CC(C)(C)NC(C)(C)[C@H]3F)CC4)cc21. The highest BCUT2D eigenvalue weighted by Crippen LogP contribution is 2.40. The van der Waals surface area contributed by atoms with E-state index in [1.165, 1.54) is 0 Å². The number of rotatable bonds is 2. The number of phenols is 1. The number of nitrogens with zero attached hydrogens (tertiary/aromatic N) is 5. The molecule has 2 atom stereocenters. The number of piperidine rings is 1. The number of aryl methyl sites for hydroxylation is 1. The van der Waals surface area contributed by atoms with Gasteiger partial charge in [-0.25, -0.2) is 4.39 Å².